The first-order chi connectivity index (χ1) is 15.2. The van der Waals surface area contributed by atoms with Crippen LogP contribution in [0, 0.1) is 11.8 Å². The second kappa shape index (κ2) is 22.0. The van der Waals surface area contributed by atoms with Crippen molar-refractivity contribution in [2.45, 2.75) is 117 Å². The first-order valence-electron chi connectivity index (χ1n) is 13.5. The summed E-state index contributed by atoms with van der Waals surface area (Å²) in [6, 6.07) is 0. The Bertz CT molecular complexity index is 422. The molecule has 0 bridgehead atoms. The number of carbonyl (C=O) groups excluding carboxylic acids is 2. The number of amides is 2. The van der Waals surface area contributed by atoms with E-state index in [1.807, 2.05) is 0 Å². The molecule has 190 valence electrons. The molecule has 5 nitrogen and oxygen atoms in total. The van der Waals surface area contributed by atoms with E-state index in [-0.39, 0.29) is 36.1 Å². The minimum absolute atomic E-state index is 0. The standard InChI is InChI=1S/C26H51N3O2.ClH/c1-3-5-7-9-11-13-15-17-19-28-25(30)23-21-27-22-24(23)26(31)29-20-18-16-14-12-10-8-6-4-2;/h23-24,27H,3-22H2,1-2H3,(H,28,30)(H,29,31);1H. The molecular weight excluding hydrogens is 422 g/mol. The van der Waals surface area contributed by atoms with Crippen molar-refractivity contribution in [3.63, 3.8) is 0 Å². The number of hydrogen-bond donors (Lipinski definition) is 3. The minimum atomic E-state index is -0.229. The fraction of sp³-hybridized carbons (Fsp3) is 0.923. The molecule has 2 atom stereocenters. The van der Waals surface area contributed by atoms with Crippen molar-refractivity contribution >= 4 is 24.2 Å². The molecule has 1 fully saturated rings. The third-order valence-electron chi connectivity index (χ3n) is 6.55. The maximum atomic E-state index is 12.6. The van der Waals surface area contributed by atoms with Crippen LogP contribution in [0.1, 0.15) is 117 Å². The average Bonchev–Trinajstić information content (AvgIpc) is 3.27. The molecule has 0 spiro atoms. The molecule has 0 aromatic carbocycles. The van der Waals surface area contributed by atoms with Gasteiger partial charge in [0, 0.05) is 26.2 Å². The zero-order valence-corrected chi connectivity index (χ0v) is 21.8. The summed E-state index contributed by atoms with van der Waals surface area (Å²) in [5.41, 5.74) is 0. The lowest BCUT2D eigenvalue weighted by Gasteiger charge is -2.18. The molecule has 1 aliphatic heterocycles. The summed E-state index contributed by atoms with van der Waals surface area (Å²) in [6.45, 7) is 7.17. The fourth-order valence-corrected chi connectivity index (χ4v) is 4.43. The van der Waals surface area contributed by atoms with Crippen LogP contribution in [-0.4, -0.2) is 38.0 Å². The lowest BCUT2D eigenvalue weighted by atomic mass is 9.94. The van der Waals surface area contributed by atoms with Crippen LogP contribution in [0.5, 0.6) is 0 Å². The van der Waals surface area contributed by atoms with Crippen molar-refractivity contribution in [3.8, 4) is 0 Å². The number of nitrogens with one attached hydrogen (secondary N) is 3. The summed E-state index contributed by atoms with van der Waals surface area (Å²) in [6.07, 6.45) is 20.2. The molecular formula is C26H52ClN3O2. The first-order valence-corrected chi connectivity index (χ1v) is 13.5. The van der Waals surface area contributed by atoms with Crippen molar-refractivity contribution < 1.29 is 9.59 Å². The normalized spacial score (nSPS) is 17.7. The molecule has 0 aliphatic carbocycles. The Morgan fingerprint density at radius 1 is 0.594 bits per heavy atom. The third-order valence-corrected chi connectivity index (χ3v) is 6.55. The summed E-state index contributed by atoms with van der Waals surface area (Å²) >= 11 is 0. The van der Waals surface area contributed by atoms with Crippen molar-refractivity contribution in [3.05, 3.63) is 0 Å². The van der Waals surface area contributed by atoms with Crippen LogP contribution in [0.15, 0.2) is 0 Å². The summed E-state index contributed by atoms with van der Waals surface area (Å²) in [5, 5.41) is 9.37. The summed E-state index contributed by atoms with van der Waals surface area (Å²) < 4.78 is 0. The number of rotatable bonds is 20. The Labute approximate surface area is 204 Å². The number of halogens is 1. The Hall–Kier alpha value is -0.810. The van der Waals surface area contributed by atoms with Crippen LogP contribution in [0.25, 0.3) is 0 Å². The third kappa shape index (κ3) is 15.1. The Balaban J connectivity index is 0.00000961. The van der Waals surface area contributed by atoms with E-state index in [2.05, 4.69) is 29.8 Å². The molecule has 0 radical (unpaired) electrons. The van der Waals surface area contributed by atoms with E-state index in [1.165, 1.54) is 89.9 Å². The Morgan fingerprint density at radius 2 is 0.906 bits per heavy atom. The maximum absolute atomic E-state index is 12.6. The van der Waals surface area contributed by atoms with E-state index in [0.29, 0.717) is 13.1 Å². The van der Waals surface area contributed by atoms with Gasteiger partial charge in [-0.05, 0) is 12.8 Å². The number of hydrogen-bond acceptors (Lipinski definition) is 3. The van der Waals surface area contributed by atoms with Gasteiger partial charge in [-0.1, -0.05) is 104 Å². The largest absolute Gasteiger partial charge is 0.356 e. The van der Waals surface area contributed by atoms with Gasteiger partial charge >= 0.3 is 0 Å². The SMILES string of the molecule is CCCCCCCCCCNC(=O)C1CNCC1C(=O)NCCCCCCCCCC.Cl. The van der Waals surface area contributed by atoms with Crippen molar-refractivity contribution in [1.82, 2.24) is 16.0 Å². The van der Waals surface area contributed by atoms with E-state index >= 15 is 0 Å². The predicted molar refractivity (Wildman–Crippen MR) is 138 cm³/mol. The number of unbranched alkanes of at least 4 members (excludes halogenated alkanes) is 14. The molecule has 2 unspecified atom stereocenters. The summed E-state index contributed by atoms with van der Waals surface area (Å²) in [7, 11) is 0. The molecule has 1 rings (SSSR count). The molecule has 1 heterocycles. The second-order valence-electron chi connectivity index (χ2n) is 9.40. The molecule has 0 aromatic heterocycles. The van der Waals surface area contributed by atoms with Gasteiger partial charge < -0.3 is 16.0 Å². The Morgan fingerprint density at radius 3 is 1.25 bits per heavy atom. The molecule has 3 N–H and O–H groups in total. The summed E-state index contributed by atoms with van der Waals surface area (Å²) in [5.74, 6) is -0.374. The smallest absolute Gasteiger partial charge is 0.225 e. The van der Waals surface area contributed by atoms with Gasteiger partial charge in [-0.15, -0.1) is 12.4 Å². The zero-order chi connectivity index (χ0) is 22.6. The van der Waals surface area contributed by atoms with Gasteiger partial charge in [-0.2, -0.15) is 0 Å². The highest BCUT2D eigenvalue weighted by atomic mass is 35.5. The van der Waals surface area contributed by atoms with Crippen LogP contribution >= 0.6 is 12.4 Å². The number of carbonyl (C=O) groups is 2. The molecule has 2 amide bonds. The topological polar surface area (TPSA) is 70.2 Å². The van der Waals surface area contributed by atoms with Gasteiger partial charge in [-0.25, -0.2) is 0 Å². The van der Waals surface area contributed by atoms with Crippen LogP contribution in [0.4, 0.5) is 0 Å². The lowest BCUT2D eigenvalue weighted by Crippen LogP contribution is -2.42. The van der Waals surface area contributed by atoms with Gasteiger partial charge in [0.1, 0.15) is 0 Å². The monoisotopic (exact) mass is 473 g/mol. The van der Waals surface area contributed by atoms with Crippen LogP contribution in [0.3, 0.4) is 0 Å². The molecule has 32 heavy (non-hydrogen) atoms. The van der Waals surface area contributed by atoms with E-state index in [4.69, 9.17) is 0 Å². The van der Waals surface area contributed by atoms with Crippen LogP contribution in [-0.2, 0) is 9.59 Å². The summed E-state index contributed by atoms with van der Waals surface area (Å²) in [4.78, 5) is 25.1. The van der Waals surface area contributed by atoms with Gasteiger partial charge in [-0.3, -0.25) is 9.59 Å². The lowest BCUT2D eigenvalue weighted by molar-refractivity contribution is -0.132. The van der Waals surface area contributed by atoms with Gasteiger partial charge in [0.05, 0.1) is 11.8 Å². The highest BCUT2D eigenvalue weighted by molar-refractivity contribution is 5.88. The van der Waals surface area contributed by atoms with Crippen molar-refractivity contribution in [2.75, 3.05) is 26.2 Å². The fourth-order valence-electron chi connectivity index (χ4n) is 4.43. The van der Waals surface area contributed by atoms with E-state index in [9.17, 15) is 9.59 Å². The molecule has 1 aliphatic rings. The van der Waals surface area contributed by atoms with Crippen molar-refractivity contribution in [1.29, 1.82) is 0 Å². The Kier molecular flexibility index (Phi) is 21.4. The average molecular weight is 474 g/mol. The predicted octanol–water partition coefficient (Wildman–Crippen LogP) is 5.76. The van der Waals surface area contributed by atoms with Gasteiger partial charge in [0.2, 0.25) is 11.8 Å². The van der Waals surface area contributed by atoms with Gasteiger partial charge in [0.25, 0.3) is 0 Å². The molecule has 1 saturated heterocycles. The van der Waals surface area contributed by atoms with Crippen LogP contribution in [0.2, 0.25) is 0 Å². The highest BCUT2D eigenvalue weighted by Crippen LogP contribution is 2.17. The quantitative estimate of drug-likeness (QED) is 0.197. The van der Waals surface area contributed by atoms with Gasteiger partial charge in [0.15, 0.2) is 0 Å². The van der Waals surface area contributed by atoms with E-state index in [1.54, 1.807) is 0 Å². The zero-order valence-electron chi connectivity index (χ0n) is 21.0. The highest BCUT2D eigenvalue weighted by Gasteiger charge is 2.37. The second-order valence-corrected chi connectivity index (χ2v) is 9.40. The molecule has 6 heteroatoms. The molecule has 0 saturated carbocycles. The maximum Gasteiger partial charge on any atom is 0.225 e. The first kappa shape index (κ1) is 31.2. The van der Waals surface area contributed by atoms with Crippen molar-refractivity contribution in [2.24, 2.45) is 11.8 Å². The van der Waals surface area contributed by atoms with Crippen LogP contribution < -0.4 is 16.0 Å². The van der Waals surface area contributed by atoms with E-state index in [0.717, 1.165) is 25.9 Å². The molecule has 0 aromatic rings. The minimum Gasteiger partial charge on any atom is -0.356 e. The van der Waals surface area contributed by atoms with E-state index < -0.39 is 0 Å².